The van der Waals surface area contributed by atoms with Gasteiger partial charge in [-0.2, -0.15) is 0 Å². The molecule has 0 heterocycles. The Bertz CT molecular complexity index is 1060. The Balaban J connectivity index is 2.23. The summed E-state index contributed by atoms with van der Waals surface area (Å²) in [6.07, 6.45) is 3.23. The van der Waals surface area contributed by atoms with E-state index in [9.17, 15) is 9.59 Å². The van der Waals surface area contributed by atoms with Crippen LogP contribution in [0.1, 0.15) is 57.3 Å². The van der Waals surface area contributed by atoms with E-state index in [0.29, 0.717) is 24.5 Å². The molecule has 0 aliphatic carbocycles. The lowest BCUT2D eigenvalue weighted by atomic mass is 9.95. The number of amides is 1. The Labute approximate surface area is 213 Å². The standard InChI is InChI=1S/C28H38N4O4/c1-5-25(29)24(18-31-22-8-7-9-23(17-22)36-6-2)26(16-19(3)4)32-21-12-10-20(11-13-21)28(35)30-15-14-27(33)34/h7-13,17-19,26,32H,5-6,14-16,29H2,1-4H3,(H,30,35)(H,33,34). The maximum atomic E-state index is 12.3. The number of carbonyl (C=O) groups is 2. The predicted octanol–water partition coefficient (Wildman–Crippen LogP) is 5.14. The van der Waals surface area contributed by atoms with Crippen LogP contribution < -0.4 is 21.1 Å². The molecule has 5 N–H and O–H groups in total. The van der Waals surface area contributed by atoms with E-state index in [0.717, 1.165) is 34.8 Å². The topological polar surface area (TPSA) is 126 Å². The fourth-order valence-corrected chi connectivity index (χ4v) is 3.60. The zero-order valence-electron chi connectivity index (χ0n) is 21.6. The molecule has 0 spiro atoms. The van der Waals surface area contributed by atoms with Gasteiger partial charge in [0.2, 0.25) is 0 Å². The number of rotatable bonds is 14. The molecule has 8 heteroatoms. The molecule has 2 rings (SSSR count). The van der Waals surface area contributed by atoms with Gasteiger partial charge < -0.3 is 26.2 Å². The van der Waals surface area contributed by atoms with Crippen molar-refractivity contribution in [3.8, 4) is 5.75 Å². The number of nitrogens with two attached hydrogens (primary N) is 1. The number of allylic oxidation sites excluding steroid dienone is 1. The van der Waals surface area contributed by atoms with Gasteiger partial charge in [-0.15, -0.1) is 0 Å². The van der Waals surface area contributed by atoms with Crippen LogP contribution in [0.2, 0.25) is 0 Å². The number of nitrogens with zero attached hydrogens (tertiary/aromatic N) is 1. The normalized spacial score (nSPS) is 12.8. The molecule has 0 aliphatic heterocycles. The van der Waals surface area contributed by atoms with Gasteiger partial charge in [0.05, 0.1) is 24.8 Å². The quantitative estimate of drug-likeness (QED) is 0.269. The average molecular weight is 495 g/mol. The maximum Gasteiger partial charge on any atom is 0.305 e. The summed E-state index contributed by atoms with van der Waals surface area (Å²) in [6, 6.07) is 14.6. The highest BCUT2D eigenvalue weighted by atomic mass is 16.5. The van der Waals surface area contributed by atoms with Crippen LogP contribution in [0.4, 0.5) is 11.4 Å². The number of ether oxygens (including phenoxy) is 1. The van der Waals surface area contributed by atoms with Crippen molar-refractivity contribution >= 4 is 29.5 Å². The molecule has 1 amide bonds. The molecular weight excluding hydrogens is 456 g/mol. The van der Waals surface area contributed by atoms with Crippen molar-refractivity contribution in [2.24, 2.45) is 16.6 Å². The van der Waals surface area contributed by atoms with Gasteiger partial charge in [0.25, 0.3) is 5.91 Å². The van der Waals surface area contributed by atoms with E-state index in [2.05, 4.69) is 29.5 Å². The number of benzene rings is 2. The van der Waals surface area contributed by atoms with Gasteiger partial charge in [-0.1, -0.05) is 26.8 Å². The number of hydrogen-bond acceptors (Lipinski definition) is 6. The SMILES string of the molecule is CCOc1cccc(N=CC(=C(N)CC)C(CC(C)C)Nc2ccc(C(=O)NCCC(=O)O)cc2)c1. The summed E-state index contributed by atoms with van der Waals surface area (Å²) in [7, 11) is 0. The van der Waals surface area contributed by atoms with E-state index in [1.54, 1.807) is 12.1 Å². The highest BCUT2D eigenvalue weighted by Gasteiger charge is 2.18. The van der Waals surface area contributed by atoms with Crippen molar-refractivity contribution < 1.29 is 19.4 Å². The third-order valence-corrected chi connectivity index (χ3v) is 5.43. The summed E-state index contributed by atoms with van der Waals surface area (Å²) in [4.78, 5) is 27.6. The van der Waals surface area contributed by atoms with Gasteiger partial charge in [0, 0.05) is 41.3 Å². The molecule has 0 saturated heterocycles. The molecule has 0 aliphatic rings. The number of anilines is 1. The van der Waals surface area contributed by atoms with Crippen LogP contribution in [0, 0.1) is 5.92 Å². The van der Waals surface area contributed by atoms with Gasteiger partial charge in [-0.3, -0.25) is 14.6 Å². The molecule has 2 aromatic rings. The number of carboxylic acid groups (broad SMARTS) is 1. The van der Waals surface area contributed by atoms with Gasteiger partial charge in [-0.25, -0.2) is 0 Å². The fraction of sp³-hybridized carbons (Fsp3) is 0.393. The van der Waals surface area contributed by atoms with Crippen molar-refractivity contribution in [1.29, 1.82) is 0 Å². The van der Waals surface area contributed by atoms with E-state index >= 15 is 0 Å². The van der Waals surface area contributed by atoms with E-state index in [1.807, 2.05) is 56.5 Å². The lowest BCUT2D eigenvalue weighted by Gasteiger charge is -2.24. The molecular formula is C28H38N4O4. The molecule has 0 bridgehead atoms. The largest absolute Gasteiger partial charge is 0.494 e. The Hall–Kier alpha value is -3.81. The summed E-state index contributed by atoms with van der Waals surface area (Å²) in [5.74, 6) is -0.0910. The lowest BCUT2D eigenvalue weighted by Crippen LogP contribution is -2.28. The Kier molecular flexibility index (Phi) is 11.5. The van der Waals surface area contributed by atoms with E-state index < -0.39 is 5.97 Å². The first-order chi connectivity index (χ1) is 17.2. The summed E-state index contributed by atoms with van der Waals surface area (Å²) in [5, 5.41) is 14.9. The van der Waals surface area contributed by atoms with E-state index in [-0.39, 0.29) is 24.9 Å². The van der Waals surface area contributed by atoms with Crippen LogP contribution in [0.25, 0.3) is 0 Å². The summed E-state index contributed by atoms with van der Waals surface area (Å²) >= 11 is 0. The minimum Gasteiger partial charge on any atom is -0.494 e. The van der Waals surface area contributed by atoms with Crippen LogP contribution in [0.15, 0.2) is 64.8 Å². The molecule has 0 radical (unpaired) electrons. The fourth-order valence-electron chi connectivity index (χ4n) is 3.60. The summed E-state index contributed by atoms with van der Waals surface area (Å²) in [6.45, 7) is 8.94. The number of nitrogens with one attached hydrogen (secondary N) is 2. The van der Waals surface area contributed by atoms with Crippen molar-refractivity contribution in [3.63, 3.8) is 0 Å². The molecule has 0 aromatic heterocycles. The highest BCUT2D eigenvalue weighted by Crippen LogP contribution is 2.24. The predicted molar refractivity (Wildman–Crippen MR) is 145 cm³/mol. The molecule has 1 unspecified atom stereocenters. The third kappa shape index (κ3) is 9.44. The summed E-state index contributed by atoms with van der Waals surface area (Å²) < 4.78 is 5.58. The number of carboxylic acids is 1. The van der Waals surface area contributed by atoms with Crippen LogP contribution in [-0.2, 0) is 4.79 Å². The minimum absolute atomic E-state index is 0.0842. The van der Waals surface area contributed by atoms with Crippen LogP contribution in [0.3, 0.4) is 0 Å². The van der Waals surface area contributed by atoms with Gasteiger partial charge in [0.15, 0.2) is 0 Å². The Morgan fingerprint density at radius 2 is 1.86 bits per heavy atom. The lowest BCUT2D eigenvalue weighted by molar-refractivity contribution is -0.136. The second-order valence-electron chi connectivity index (χ2n) is 8.83. The van der Waals surface area contributed by atoms with Gasteiger partial charge >= 0.3 is 5.97 Å². The zero-order chi connectivity index (χ0) is 26.5. The molecule has 8 nitrogen and oxygen atoms in total. The first kappa shape index (κ1) is 28.4. The van der Waals surface area contributed by atoms with Crippen molar-refractivity contribution in [2.75, 3.05) is 18.5 Å². The van der Waals surface area contributed by atoms with E-state index in [1.165, 1.54) is 0 Å². The van der Waals surface area contributed by atoms with Crippen molar-refractivity contribution in [2.45, 2.75) is 53.0 Å². The Morgan fingerprint density at radius 3 is 2.47 bits per heavy atom. The first-order valence-corrected chi connectivity index (χ1v) is 12.3. The average Bonchev–Trinajstić information content (AvgIpc) is 2.84. The number of carbonyl (C=O) groups excluding carboxylic acids is 1. The second kappa shape index (κ2) is 14.6. The minimum atomic E-state index is -0.952. The molecule has 1 atom stereocenters. The molecule has 2 aromatic carbocycles. The monoisotopic (exact) mass is 494 g/mol. The van der Waals surface area contributed by atoms with Crippen LogP contribution >= 0.6 is 0 Å². The molecule has 36 heavy (non-hydrogen) atoms. The molecule has 194 valence electrons. The first-order valence-electron chi connectivity index (χ1n) is 12.3. The van der Waals surface area contributed by atoms with Crippen LogP contribution in [0.5, 0.6) is 5.75 Å². The number of aliphatic carboxylic acids is 1. The van der Waals surface area contributed by atoms with Crippen molar-refractivity contribution in [1.82, 2.24) is 5.32 Å². The van der Waals surface area contributed by atoms with Crippen molar-refractivity contribution in [3.05, 3.63) is 65.4 Å². The zero-order valence-corrected chi connectivity index (χ0v) is 21.6. The second-order valence-corrected chi connectivity index (χ2v) is 8.83. The Morgan fingerprint density at radius 1 is 1.14 bits per heavy atom. The van der Waals surface area contributed by atoms with Crippen LogP contribution in [-0.4, -0.2) is 42.4 Å². The molecule has 0 saturated carbocycles. The van der Waals surface area contributed by atoms with Gasteiger partial charge in [-0.05, 0) is 62.1 Å². The summed E-state index contributed by atoms with van der Waals surface area (Å²) in [5.41, 5.74) is 10.2. The van der Waals surface area contributed by atoms with Gasteiger partial charge in [0.1, 0.15) is 5.75 Å². The number of aliphatic imine (C=N–C) groups is 1. The maximum absolute atomic E-state index is 12.3. The number of hydrogen-bond donors (Lipinski definition) is 4. The smallest absolute Gasteiger partial charge is 0.305 e. The molecule has 0 fully saturated rings. The van der Waals surface area contributed by atoms with E-state index in [4.69, 9.17) is 15.6 Å². The third-order valence-electron chi connectivity index (χ3n) is 5.43. The highest BCUT2D eigenvalue weighted by molar-refractivity contribution is 5.94.